The van der Waals surface area contributed by atoms with Crippen molar-refractivity contribution in [2.24, 2.45) is 0 Å². The molecule has 0 spiro atoms. The van der Waals surface area contributed by atoms with Gasteiger partial charge in [-0.15, -0.1) is 11.3 Å². The molecule has 3 N–H and O–H groups in total. The molecule has 1 aromatic carbocycles. The molecule has 0 aliphatic carbocycles. The van der Waals surface area contributed by atoms with Crippen molar-refractivity contribution >= 4 is 33.3 Å². The van der Waals surface area contributed by atoms with E-state index in [2.05, 4.69) is 16.4 Å². The number of piperidine rings is 1. The first-order valence-corrected chi connectivity index (χ1v) is 10.3. The second-order valence-electron chi connectivity index (χ2n) is 7.12. The number of fused-ring (bicyclic) bond motifs is 1. The van der Waals surface area contributed by atoms with E-state index in [1.807, 2.05) is 28.8 Å². The largest absolute Gasteiger partial charge is 0.334 e. The molecule has 3 aromatic rings. The summed E-state index contributed by atoms with van der Waals surface area (Å²) in [5.74, 6) is -0.0542. The predicted octanol–water partition coefficient (Wildman–Crippen LogP) is 1.51. The number of nitrogens with zero attached hydrogens (tertiary/aromatic N) is 2. The van der Waals surface area contributed by atoms with E-state index >= 15 is 0 Å². The Kier molecular flexibility index (Phi) is 5.28. The number of amides is 1. The van der Waals surface area contributed by atoms with Gasteiger partial charge in [0.2, 0.25) is 5.91 Å². The van der Waals surface area contributed by atoms with Crippen molar-refractivity contribution in [1.82, 2.24) is 9.55 Å². The van der Waals surface area contributed by atoms with E-state index in [0.29, 0.717) is 17.0 Å². The maximum atomic E-state index is 12.4. The zero-order valence-corrected chi connectivity index (χ0v) is 16.2. The number of quaternary nitrogens is 1. The zero-order valence-electron chi connectivity index (χ0n) is 15.4. The van der Waals surface area contributed by atoms with Crippen LogP contribution in [-0.2, 0) is 4.79 Å². The highest BCUT2D eigenvalue weighted by atomic mass is 32.1. The second-order valence-corrected chi connectivity index (χ2v) is 8.04. The Balaban J connectivity index is 1.31. The third-order valence-corrected chi connectivity index (χ3v) is 6.23. The number of H-pyrrole nitrogens is 1. The van der Waals surface area contributed by atoms with Crippen molar-refractivity contribution in [3.8, 4) is 6.07 Å². The normalized spacial score (nSPS) is 19.4. The molecule has 1 aliphatic rings. The smallest absolute Gasteiger partial charge is 0.326 e. The van der Waals surface area contributed by atoms with E-state index in [1.165, 1.54) is 16.2 Å². The summed E-state index contributed by atoms with van der Waals surface area (Å²) in [6.45, 7) is 2.63. The summed E-state index contributed by atoms with van der Waals surface area (Å²) < 4.78 is 1.89. The number of aromatic nitrogens is 2. The van der Waals surface area contributed by atoms with Crippen LogP contribution in [-0.4, -0.2) is 35.1 Å². The van der Waals surface area contributed by atoms with Gasteiger partial charge in [0.05, 0.1) is 42.7 Å². The van der Waals surface area contributed by atoms with Crippen LogP contribution >= 0.6 is 11.3 Å². The van der Waals surface area contributed by atoms with Crippen molar-refractivity contribution < 1.29 is 9.69 Å². The van der Waals surface area contributed by atoms with E-state index in [9.17, 15) is 9.59 Å². The lowest BCUT2D eigenvalue weighted by Crippen LogP contribution is -3.13. The molecule has 0 unspecified atom stereocenters. The van der Waals surface area contributed by atoms with E-state index < -0.39 is 0 Å². The number of hydrogen-bond donors (Lipinski definition) is 3. The van der Waals surface area contributed by atoms with Crippen molar-refractivity contribution in [3.63, 3.8) is 0 Å². The lowest BCUT2D eigenvalue weighted by molar-refractivity contribution is -0.905. The van der Waals surface area contributed by atoms with E-state index in [0.717, 1.165) is 43.5 Å². The Morgan fingerprint density at radius 3 is 2.89 bits per heavy atom. The van der Waals surface area contributed by atoms with Gasteiger partial charge in [0, 0.05) is 18.9 Å². The number of carbonyl (C=O) groups is 1. The van der Waals surface area contributed by atoms with Crippen LogP contribution in [0.15, 0.2) is 40.5 Å². The number of benzene rings is 1. The molecule has 7 nitrogen and oxygen atoms in total. The Bertz CT molecular complexity index is 1080. The van der Waals surface area contributed by atoms with Gasteiger partial charge in [-0.25, -0.2) is 4.79 Å². The number of nitrogens with one attached hydrogen (secondary N) is 3. The Labute approximate surface area is 166 Å². The van der Waals surface area contributed by atoms with Gasteiger partial charge < -0.3 is 15.2 Å². The van der Waals surface area contributed by atoms with Crippen LogP contribution in [0.5, 0.6) is 0 Å². The van der Waals surface area contributed by atoms with Crippen LogP contribution in [0.1, 0.15) is 30.9 Å². The van der Waals surface area contributed by atoms with Crippen molar-refractivity contribution in [2.75, 3.05) is 25.0 Å². The monoisotopic (exact) mass is 396 g/mol. The van der Waals surface area contributed by atoms with E-state index in [4.69, 9.17) is 5.26 Å². The molecule has 0 bridgehead atoms. The van der Waals surface area contributed by atoms with Crippen molar-refractivity contribution in [1.29, 1.82) is 5.26 Å². The minimum absolute atomic E-state index is 0.0433. The summed E-state index contributed by atoms with van der Waals surface area (Å²) in [5.41, 5.74) is 2.31. The summed E-state index contributed by atoms with van der Waals surface area (Å²) in [6.07, 6.45) is 2.26. The van der Waals surface area contributed by atoms with Gasteiger partial charge in [0.1, 0.15) is 11.1 Å². The topological polar surface area (TPSA) is 95.1 Å². The average molecular weight is 396 g/mol. The van der Waals surface area contributed by atoms with Crippen LogP contribution in [0.3, 0.4) is 0 Å². The number of aromatic amines is 1. The summed E-state index contributed by atoms with van der Waals surface area (Å²) in [4.78, 5) is 28.9. The molecule has 1 saturated heterocycles. The quantitative estimate of drug-likeness (QED) is 0.610. The van der Waals surface area contributed by atoms with Gasteiger partial charge in [0.25, 0.3) is 0 Å². The standard InChI is InChI=1S/C20H21N5O2S/c21-13-14-8-12-28-19(14)23-18(26)7-11-24-9-5-15(6-10-24)25-17-4-2-1-3-16(17)22-20(25)27/h1-4,8,12,15H,5-7,9-11H2,(H,22,27)(H,23,26)/p+1. The maximum Gasteiger partial charge on any atom is 0.326 e. The van der Waals surface area contributed by atoms with Crippen molar-refractivity contribution in [3.05, 3.63) is 51.8 Å². The molecular weight excluding hydrogens is 374 g/mol. The lowest BCUT2D eigenvalue weighted by Gasteiger charge is -2.29. The highest BCUT2D eigenvalue weighted by molar-refractivity contribution is 7.14. The van der Waals surface area contributed by atoms with E-state index in [-0.39, 0.29) is 17.6 Å². The number of likely N-dealkylation sites (tertiary alicyclic amines) is 1. The Hall–Kier alpha value is -2.89. The number of carbonyl (C=O) groups excluding carboxylic acids is 1. The predicted molar refractivity (Wildman–Crippen MR) is 109 cm³/mol. The van der Waals surface area contributed by atoms with Gasteiger partial charge in [-0.05, 0) is 23.6 Å². The molecule has 3 heterocycles. The molecule has 28 heavy (non-hydrogen) atoms. The molecule has 1 amide bonds. The van der Waals surface area contributed by atoms with Crippen LogP contribution < -0.4 is 15.9 Å². The molecule has 2 aromatic heterocycles. The number of rotatable bonds is 5. The average Bonchev–Trinajstić information content (AvgIpc) is 3.29. The number of para-hydroxylation sites is 2. The molecule has 1 fully saturated rings. The maximum absolute atomic E-state index is 12.4. The molecular formula is C20H22N5O2S+. The first-order valence-electron chi connectivity index (χ1n) is 9.46. The fourth-order valence-electron chi connectivity index (χ4n) is 3.93. The Morgan fingerprint density at radius 2 is 2.11 bits per heavy atom. The van der Waals surface area contributed by atoms with Crippen LogP contribution in [0.4, 0.5) is 5.00 Å². The summed E-state index contributed by atoms with van der Waals surface area (Å²) in [5, 5.41) is 14.3. The summed E-state index contributed by atoms with van der Waals surface area (Å²) in [7, 11) is 0. The van der Waals surface area contributed by atoms with Gasteiger partial charge in [-0.2, -0.15) is 5.26 Å². The van der Waals surface area contributed by atoms with Crippen LogP contribution in [0, 0.1) is 11.3 Å². The van der Waals surface area contributed by atoms with Crippen LogP contribution in [0.2, 0.25) is 0 Å². The van der Waals surface area contributed by atoms with Crippen molar-refractivity contribution in [2.45, 2.75) is 25.3 Å². The van der Waals surface area contributed by atoms with Gasteiger partial charge in [0.15, 0.2) is 0 Å². The first-order chi connectivity index (χ1) is 13.7. The summed E-state index contributed by atoms with van der Waals surface area (Å²) >= 11 is 1.37. The molecule has 0 radical (unpaired) electrons. The molecule has 4 rings (SSSR count). The van der Waals surface area contributed by atoms with E-state index in [1.54, 1.807) is 11.4 Å². The molecule has 0 saturated carbocycles. The Morgan fingerprint density at radius 1 is 1.32 bits per heavy atom. The first kappa shape index (κ1) is 18.5. The number of imidazole rings is 1. The number of anilines is 1. The summed E-state index contributed by atoms with van der Waals surface area (Å²) in [6, 6.07) is 11.8. The minimum atomic E-state index is -0.0542. The number of thiophene rings is 1. The number of nitriles is 1. The molecule has 1 aliphatic heterocycles. The third-order valence-electron chi connectivity index (χ3n) is 5.40. The molecule has 0 atom stereocenters. The second kappa shape index (κ2) is 8.00. The fraction of sp³-hybridized carbons (Fsp3) is 0.350. The third kappa shape index (κ3) is 3.72. The molecule has 8 heteroatoms. The fourth-order valence-corrected chi connectivity index (χ4v) is 4.68. The zero-order chi connectivity index (χ0) is 19.5. The SMILES string of the molecule is N#Cc1ccsc1NC(=O)CC[NH+]1CCC(n2c(=O)[nH]c3ccccc32)CC1. The van der Waals surface area contributed by atoms with Gasteiger partial charge in [-0.3, -0.25) is 9.36 Å². The van der Waals surface area contributed by atoms with Gasteiger partial charge in [-0.1, -0.05) is 12.1 Å². The van der Waals surface area contributed by atoms with Crippen LogP contribution in [0.25, 0.3) is 11.0 Å². The molecule has 144 valence electrons. The highest BCUT2D eigenvalue weighted by Crippen LogP contribution is 2.22. The van der Waals surface area contributed by atoms with Gasteiger partial charge >= 0.3 is 5.69 Å². The highest BCUT2D eigenvalue weighted by Gasteiger charge is 2.26. The number of hydrogen-bond acceptors (Lipinski definition) is 4. The minimum Gasteiger partial charge on any atom is -0.334 e. The lowest BCUT2D eigenvalue weighted by atomic mass is 10.0.